The molecule has 0 aliphatic carbocycles. The zero-order valence-corrected chi connectivity index (χ0v) is 15.9. The molecule has 3 amide bonds. The summed E-state index contributed by atoms with van der Waals surface area (Å²) in [4.78, 5) is 53.1. The van der Waals surface area contributed by atoms with Gasteiger partial charge in [0.1, 0.15) is 18.4 Å². The smallest absolute Gasteiger partial charge is 0.408 e. The van der Waals surface area contributed by atoms with Crippen molar-refractivity contribution in [1.82, 2.24) is 10.4 Å². The highest BCUT2D eigenvalue weighted by atomic mass is 16.7. The number of hydrogen-bond donors (Lipinski definition) is 2. The van der Waals surface area contributed by atoms with Crippen molar-refractivity contribution in [3.05, 3.63) is 65.7 Å². The number of carbonyl (C=O) groups excluding carboxylic acids is 4. The number of nitrogens with one attached hydrogen (secondary N) is 1. The Morgan fingerprint density at radius 2 is 1.60 bits per heavy atom. The van der Waals surface area contributed by atoms with Crippen LogP contribution < -0.4 is 5.32 Å². The molecule has 9 nitrogen and oxygen atoms in total. The second kappa shape index (κ2) is 9.55. The van der Waals surface area contributed by atoms with E-state index in [1.165, 1.54) is 12.1 Å². The number of amides is 3. The molecular formula is C21H20N2O7. The number of alkyl carbamates (subject to hydrolysis) is 1. The van der Waals surface area contributed by atoms with Gasteiger partial charge in [0.15, 0.2) is 0 Å². The third-order valence-electron chi connectivity index (χ3n) is 4.35. The lowest BCUT2D eigenvalue weighted by atomic mass is 10.1. The Morgan fingerprint density at radius 3 is 2.23 bits per heavy atom. The first-order valence-electron chi connectivity index (χ1n) is 9.25. The molecule has 0 aromatic heterocycles. The maximum atomic E-state index is 12.6. The van der Waals surface area contributed by atoms with E-state index >= 15 is 0 Å². The van der Waals surface area contributed by atoms with Crippen molar-refractivity contribution in [2.24, 2.45) is 0 Å². The summed E-state index contributed by atoms with van der Waals surface area (Å²) in [7, 11) is 0. The van der Waals surface area contributed by atoms with Crippen LogP contribution in [0.3, 0.4) is 0 Å². The van der Waals surface area contributed by atoms with E-state index in [4.69, 9.17) is 9.57 Å². The fourth-order valence-electron chi connectivity index (χ4n) is 2.78. The highest BCUT2D eigenvalue weighted by Crippen LogP contribution is 2.15. The molecule has 0 unspecified atom stereocenters. The molecule has 2 N–H and O–H groups in total. The van der Waals surface area contributed by atoms with Crippen molar-refractivity contribution in [3.8, 4) is 5.75 Å². The Morgan fingerprint density at radius 1 is 0.967 bits per heavy atom. The second-order valence-electron chi connectivity index (χ2n) is 6.62. The molecule has 1 saturated heterocycles. The van der Waals surface area contributed by atoms with Gasteiger partial charge in [-0.2, -0.15) is 0 Å². The van der Waals surface area contributed by atoms with Crippen molar-refractivity contribution in [2.45, 2.75) is 31.9 Å². The normalized spacial score (nSPS) is 14.3. The van der Waals surface area contributed by atoms with E-state index in [0.29, 0.717) is 10.6 Å². The number of aromatic hydroxyl groups is 1. The molecular weight excluding hydrogens is 392 g/mol. The molecule has 0 spiro atoms. The molecule has 0 radical (unpaired) electrons. The van der Waals surface area contributed by atoms with Gasteiger partial charge in [-0.1, -0.05) is 42.5 Å². The summed E-state index contributed by atoms with van der Waals surface area (Å²) in [6.07, 6.45) is -0.947. The summed E-state index contributed by atoms with van der Waals surface area (Å²) in [6, 6.07) is 13.8. The number of hydrogen-bond acceptors (Lipinski definition) is 7. The van der Waals surface area contributed by atoms with Gasteiger partial charge in [-0.15, -0.1) is 5.06 Å². The molecule has 156 valence electrons. The number of carbonyl (C=O) groups is 4. The Kier molecular flexibility index (Phi) is 6.63. The summed E-state index contributed by atoms with van der Waals surface area (Å²) in [5.41, 5.74) is 1.37. The summed E-state index contributed by atoms with van der Waals surface area (Å²) in [6.45, 7) is -0.00323. The standard InChI is InChI=1S/C21H20N2O7/c24-16-8-6-14(7-9-16)12-17(20(27)30-23-18(25)10-11-19(23)26)22-21(28)29-13-15-4-2-1-3-5-15/h1-9,17,24H,10-13H2,(H,22,28)/t17-/m0/s1. The van der Waals surface area contributed by atoms with E-state index in [1.807, 2.05) is 6.07 Å². The van der Waals surface area contributed by atoms with Gasteiger partial charge in [-0.05, 0) is 23.3 Å². The quantitative estimate of drug-likeness (QED) is 0.665. The van der Waals surface area contributed by atoms with Gasteiger partial charge in [0.2, 0.25) is 0 Å². The average Bonchev–Trinajstić information content (AvgIpc) is 3.06. The van der Waals surface area contributed by atoms with E-state index in [2.05, 4.69) is 5.32 Å². The van der Waals surface area contributed by atoms with E-state index < -0.39 is 29.9 Å². The summed E-state index contributed by atoms with van der Waals surface area (Å²) in [5.74, 6) is -2.18. The molecule has 0 saturated carbocycles. The number of imide groups is 1. The van der Waals surface area contributed by atoms with E-state index in [1.54, 1.807) is 36.4 Å². The largest absolute Gasteiger partial charge is 0.508 e. The number of hydroxylamine groups is 2. The fourth-order valence-corrected chi connectivity index (χ4v) is 2.78. The number of phenols is 1. The van der Waals surface area contributed by atoms with Crippen LogP contribution in [0.15, 0.2) is 54.6 Å². The van der Waals surface area contributed by atoms with Crippen LogP contribution in [0, 0.1) is 0 Å². The molecule has 9 heteroatoms. The first kappa shape index (κ1) is 20.8. The maximum Gasteiger partial charge on any atom is 0.408 e. The van der Waals surface area contributed by atoms with E-state index in [9.17, 15) is 24.3 Å². The molecule has 2 aromatic rings. The van der Waals surface area contributed by atoms with Crippen LogP contribution in [-0.2, 0) is 37.0 Å². The van der Waals surface area contributed by atoms with E-state index in [-0.39, 0.29) is 31.6 Å². The highest BCUT2D eigenvalue weighted by molar-refractivity contribution is 6.01. The van der Waals surface area contributed by atoms with Crippen molar-refractivity contribution in [3.63, 3.8) is 0 Å². The van der Waals surface area contributed by atoms with Gasteiger partial charge >= 0.3 is 12.1 Å². The van der Waals surface area contributed by atoms with Crippen molar-refractivity contribution >= 4 is 23.9 Å². The monoisotopic (exact) mass is 412 g/mol. The summed E-state index contributed by atoms with van der Waals surface area (Å²) in [5, 5.41) is 12.2. The Labute approximate surface area is 172 Å². The first-order valence-corrected chi connectivity index (χ1v) is 9.25. The summed E-state index contributed by atoms with van der Waals surface area (Å²) < 4.78 is 5.13. The van der Waals surface area contributed by atoms with Crippen molar-refractivity contribution in [1.29, 1.82) is 0 Å². The lowest BCUT2D eigenvalue weighted by molar-refractivity contribution is -0.198. The molecule has 2 aromatic carbocycles. The predicted octanol–water partition coefficient (Wildman–Crippen LogP) is 1.84. The number of benzene rings is 2. The zero-order valence-electron chi connectivity index (χ0n) is 15.9. The first-order chi connectivity index (χ1) is 14.4. The lowest BCUT2D eigenvalue weighted by Gasteiger charge is -2.20. The van der Waals surface area contributed by atoms with Crippen LogP contribution in [0.25, 0.3) is 0 Å². The van der Waals surface area contributed by atoms with E-state index in [0.717, 1.165) is 5.56 Å². The zero-order chi connectivity index (χ0) is 21.5. The van der Waals surface area contributed by atoms with Gasteiger partial charge in [0.05, 0.1) is 0 Å². The molecule has 1 atom stereocenters. The van der Waals surface area contributed by atoms with Crippen LogP contribution in [0.4, 0.5) is 4.79 Å². The fraction of sp³-hybridized carbons (Fsp3) is 0.238. The minimum Gasteiger partial charge on any atom is -0.508 e. The number of rotatable bonds is 7. The second-order valence-corrected chi connectivity index (χ2v) is 6.62. The molecule has 0 bridgehead atoms. The minimum absolute atomic E-state index is 0.00323. The molecule has 3 rings (SSSR count). The van der Waals surface area contributed by atoms with Gasteiger partial charge in [-0.3, -0.25) is 9.59 Å². The molecule has 1 heterocycles. The molecule has 1 fully saturated rings. The van der Waals surface area contributed by atoms with Crippen molar-refractivity contribution in [2.75, 3.05) is 0 Å². The Bertz CT molecular complexity index is 912. The van der Waals surface area contributed by atoms with Crippen LogP contribution in [0.5, 0.6) is 5.75 Å². The molecule has 1 aliphatic rings. The maximum absolute atomic E-state index is 12.6. The third-order valence-corrected chi connectivity index (χ3v) is 4.35. The van der Waals surface area contributed by atoms with Gasteiger partial charge in [0, 0.05) is 19.3 Å². The number of nitrogens with zero attached hydrogens (tertiary/aromatic N) is 1. The van der Waals surface area contributed by atoms with Crippen LogP contribution in [0.1, 0.15) is 24.0 Å². The average molecular weight is 412 g/mol. The highest BCUT2D eigenvalue weighted by Gasteiger charge is 2.35. The topological polar surface area (TPSA) is 122 Å². The van der Waals surface area contributed by atoms with Gasteiger partial charge in [0.25, 0.3) is 11.8 Å². The van der Waals surface area contributed by atoms with Crippen molar-refractivity contribution < 1.29 is 33.9 Å². The molecule has 30 heavy (non-hydrogen) atoms. The Hall–Kier alpha value is -3.88. The van der Waals surface area contributed by atoms with Crippen LogP contribution >= 0.6 is 0 Å². The summed E-state index contributed by atoms with van der Waals surface area (Å²) >= 11 is 0. The van der Waals surface area contributed by atoms with Gasteiger partial charge in [-0.25, -0.2) is 9.59 Å². The number of phenolic OH excluding ortho intramolecular Hbond substituents is 1. The van der Waals surface area contributed by atoms with Crippen LogP contribution in [-0.4, -0.2) is 40.1 Å². The lowest BCUT2D eigenvalue weighted by Crippen LogP contribution is -2.46. The molecule has 1 aliphatic heterocycles. The van der Waals surface area contributed by atoms with Crippen LogP contribution in [0.2, 0.25) is 0 Å². The Balaban J connectivity index is 1.67. The predicted molar refractivity (Wildman–Crippen MR) is 103 cm³/mol. The minimum atomic E-state index is -1.22. The third kappa shape index (κ3) is 5.57. The SMILES string of the molecule is O=C(N[C@@H](Cc1ccc(O)cc1)C(=O)ON1C(=O)CCC1=O)OCc1ccccc1. The number of ether oxygens (including phenoxy) is 1. The van der Waals surface area contributed by atoms with Gasteiger partial charge < -0.3 is 20.0 Å².